The number of amides is 2. The molecular formula is C21H20BrNO2. The maximum atomic E-state index is 13.2. The van der Waals surface area contributed by atoms with Gasteiger partial charge in [-0.2, -0.15) is 0 Å². The molecule has 4 heteroatoms. The van der Waals surface area contributed by atoms with Crippen LogP contribution >= 0.6 is 15.9 Å². The van der Waals surface area contributed by atoms with E-state index in [0.29, 0.717) is 5.69 Å². The number of hydrogen-bond acceptors (Lipinski definition) is 2. The van der Waals surface area contributed by atoms with Gasteiger partial charge in [-0.25, -0.2) is 4.90 Å². The topological polar surface area (TPSA) is 37.4 Å². The Kier molecular flexibility index (Phi) is 3.53. The number of hydrogen-bond donors (Lipinski definition) is 0. The molecule has 1 aliphatic heterocycles. The molecule has 2 amide bonds. The maximum Gasteiger partial charge on any atom is 0.238 e. The fraction of sp³-hybridized carbons (Fsp3) is 0.429. The van der Waals surface area contributed by atoms with Gasteiger partial charge in [0.2, 0.25) is 11.8 Å². The second-order valence-electron chi connectivity index (χ2n) is 7.60. The van der Waals surface area contributed by atoms with Crippen LogP contribution in [-0.4, -0.2) is 11.8 Å². The monoisotopic (exact) mass is 397 g/mol. The highest BCUT2D eigenvalue weighted by molar-refractivity contribution is 9.10. The number of anilines is 1. The van der Waals surface area contributed by atoms with Gasteiger partial charge in [0.25, 0.3) is 0 Å². The Morgan fingerprint density at radius 1 is 0.920 bits per heavy atom. The van der Waals surface area contributed by atoms with Crippen molar-refractivity contribution in [1.82, 2.24) is 0 Å². The Hall–Kier alpha value is -1.68. The van der Waals surface area contributed by atoms with E-state index in [1.54, 1.807) is 0 Å². The SMILES string of the molecule is O=C1[C@H]2[C@H](C(=O)N1c1cccc(Br)c1)[C@H]1C=C[C@H]2C1=C1CCCCC1. The first-order valence-electron chi connectivity index (χ1n) is 9.20. The molecule has 25 heavy (non-hydrogen) atoms. The first kappa shape index (κ1) is 15.6. The van der Waals surface area contributed by atoms with Crippen LogP contribution in [0.3, 0.4) is 0 Å². The summed E-state index contributed by atoms with van der Waals surface area (Å²) in [6.45, 7) is 0. The highest BCUT2D eigenvalue weighted by atomic mass is 79.9. The third-order valence-corrected chi connectivity index (χ3v) is 6.84. The van der Waals surface area contributed by atoms with Crippen LogP contribution in [-0.2, 0) is 9.59 Å². The lowest BCUT2D eigenvalue weighted by Crippen LogP contribution is -2.33. The third kappa shape index (κ3) is 2.16. The number of carbonyl (C=O) groups excluding carboxylic acids is 2. The summed E-state index contributed by atoms with van der Waals surface area (Å²) in [6.07, 6.45) is 10.5. The summed E-state index contributed by atoms with van der Waals surface area (Å²) in [5, 5.41) is 0. The average molecular weight is 398 g/mol. The van der Waals surface area contributed by atoms with Gasteiger partial charge in [-0.05, 0) is 43.9 Å². The second kappa shape index (κ2) is 5.66. The van der Waals surface area contributed by atoms with Gasteiger partial charge in [-0.3, -0.25) is 9.59 Å². The van der Waals surface area contributed by atoms with Crippen LogP contribution in [0.5, 0.6) is 0 Å². The molecular weight excluding hydrogens is 378 g/mol. The third-order valence-electron chi connectivity index (χ3n) is 6.35. The molecule has 1 heterocycles. The van der Waals surface area contributed by atoms with Crippen molar-refractivity contribution in [3.63, 3.8) is 0 Å². The molecule has 1 aromatic carbocycles. The van der Waals surface area contributed by atoms with E-state index in [9.17, 15) is 9.59 Å². The zero-order valence-corrected chi connectivity index (χ0v) is 15.5. The largest absolute Gasteiger partial charge is 0.274 e. The standard InChI is InChI=1S/C21H20BrNO2/c22-13-7-4-8-14(11-13)23-20(24)18-15-9-10-16(19(18)21(23)25)17(15)12-5-2-1-3-6-12/h4,7-11,15-16,18-19H,1-3,5-6H2/t15-,16-,18+,19+/m0/s1. The molecule has 5 rings (SSSR count). The predicted molar refractivity (Wildman–Crippen MR) is 99.8 cm³/mol. The lowest BCUT2D eigenvalue weighted by atomic mass is 9.85. The number of rotatable bonds is 1. The zero-order chi connectivity index (χ0) is 17.1. The van der Waals surface area contributed by atoms with Gasteiger partial charge in [0.05, 0.1) is 17.5 Å². The highest BCUT2D eigenvalue weighted by Crippen LogP contribution is 2.58. The first-order chi connectivity index (χ1) is 12.2. The van der Waals surface area contributed by atoms with Crippen molar-refractivity contribution < 1.29 is 9.59 Å². The summed E-state index contributed by atoms with van der Waals surface area (Å²) in [7, 11) is 0. The lowest BCUT2D eigenvalue weighted by molar-refractivity contribution is -0.122. The molecule has 1 aromatic rings. The number of nitrogens with zero attached hydrogens (tertiary/aromatic N) is 1. The quantitative estimate of drug-likeness (QED) is 0.511. The van der Waals surface area contributed by atoms with Crippen LogP contribution in [0.4, 0.5) is 5.69 Å². The van der Waals surface area contributed by atoms with Crippen molar-refractivity contribution in [2.75, 3.05) is 4.90 Å². The van der Waals surface area contributed by atoms with Gasteiger partial charge in [0, 0.05) is 16.3 Å². The molecule has 0 spiro atoms. The average Bonchev–Trinajstić information content (AvgIpc) is 3.25. The van der Waals surface area contributed by atoms with Gasteiger partial charge in [0.1, 0.15) is 0 Å². The molecule has 0 aromatic heterocycles. The summed E-state index contributed by atoms with van der Waals surface area (Å²) in [5.74, 6) is -0.108. The van der Waals surface area contributed by atoms with E-state index in [1.165, 1.54) is 35.3 Å². The minimum atomic E-state index is -0.189. The molecule has 0 radical (unpaired) electrons. The zero-order valence-electron chi connectivity index (χ0n) is 14.0. The number of carbonyl (C=O) groups is 2. The highest BCUT2D eigenvalue weighted by Gasteiger charge is 2.62. The van der Waals surface area contributed by atoms with Crippen LogP contribution in [0.1, 0.15) is 32.1 Å². The van der Waals surface area contributed by atoms with Crippen LogP contribution in [0.25, 0.3) is 0 Å². The molecule has 4 atom stereocenters. The molecule has 128 valence electrons. The summed E-state index contributed by atoms with van der Waals surface area (Å²) in [5.41, 5.74) is 3.64. The van der Waals surface area contributed by atoms with E-state index >= 15 is 0 Å². The normalized spacial score (nSPS) is 33.6. The van der Waals surface area contributed by atoms with Gasteiger partial charge in [-0.15, -0.1) is 0 Å². The molecule has 3 aliphatic carbocycles. The minimum Gasteiger partial charge on any atom is -0.274 e. The lowest BCUT2D eigenvalue weighted by Gasteiger charge is -2.23. The molecule has 3 fully saturated rings. The number of imide groups is 1. The fourth-order valence-corrected chi connectivity index (χ4v) is 5.76. The Morgan fingerprint density at radius 3 is 2.16 bits per heavy atom. The summed E-state index contributed by atoms with van der Waals surface area (Å²) in [6, 6.07) is 7.48. The first-order valence-corrected chi connectivity index (χ1v) is 9.99. The van der Waals surface area contributed by atoms with E-state index in [1.807, 2.05) is 24.3 Å². The van der Waals surface area contributed by atoms with Crippen molar-refractivity contribution in [1.29, 1.82) is 0 Å². The van der Waals surface area contributed by atoms with Crippen molar-refractivity contribution >= 4 is 33.4 Å². The van der Waals surface area contributed by atoms with E-state index in [2.05, 4.69) is 28.1 Å². The van der Waals surface area contributed by atoms with Crippen LogP contribution < -0.4 is 4.90 Å². The Morgan fingerprint density at radius 2 is 1.56 bits per heavy atom. The number of fused-ring (bicyclic) bond motifs is 5. The van der Waals surface area contributed by atoms with Crippen molar-refractivity contribution in [3.05, 3.63) is 52.0 Å². The van der Waals surface area contributed by atoms with Crippen LogP contribution in [0.15, 0.2) is 52.0 Å². The second-order valence-corrected chi connectivity index (χ2v) is 8.52. The van der Waals surface area contributed by atoms with Gasteiger partial charge in [0.15, 0.2) is 0 Å². The molecule has 0 N–H and O–H groups in total. The number of benzene rings is 1. The van der Waals surface area contributed by atoms with E-state index < -0.39 is 0 Å². The van der Waals surface area contributed by atoms with Gasteiger partial charge in [-0.1, -0.05) is 51.7 Å². The molecule has 4 aliphatic rings. The summed E-state index contributed by atoms with van der Waals surface area (Å²) < 4.78 is 0.883. The number of allylic oxidation sites excluding steroid dienone is 4. The molecule has 3 nitrogen and oxygen atoms in total. The smallest absolute Gasteiger partial charge is 0.238 e. The summed E-state index contributed by atoms with van der Waals surface area (Å²) in [4.78, 5) is 27.7. The van der Waals surface area contributed by atoms with Gasteiger partial charge < -0.3 is 0 Å². The summed E-state index contributed by atoms with van der Waals surface area (Å²) >= 11 is 3.44. The Balaban J connectivity index is 1.54. The molecule has 1 saturated heterocycles. The molecule has 2 bridgehead atoms. The van der Waals surface area contributed by atoms with Crippen LogP contribution in [0, 0.1) is 23.7 Å². The maximum absolute atomic E-state index is 13.2. The van der Waals surface area contributed by atoms with Crippen molar-refractivity contribution in [3.8, 4) is 0 Å². The van der Waals surface area contributed by atoms with Crippen LogP contribution in [0.2, 0.25) is 0 Å². The van der Waals surface area contributed by atoms with E-state index in [-0.39, 0.29) is 35.5 Å². The Bertz CT molecular complexity index is 798. The molecule has 0 unspecified atom stereocenters. The van der Waals surface area contributed by atoms with Crippen molar-refractivity contribution in [2.45, 2.75) is 32.1 Å². The van der Waals surface area contributed by atoms with Crippen molar-refractivity contribution in [2.24, 2.45) is 23.7 Å². The number of halogens is 1. The van der Waals surface area contributed by atoms with Gasteiger partial charge >= 0.3 is 0 Å². The van der Waals surface area contributed by atoms with E-state index in [0.717, 1.165) is 17.3 Å². The molecule has 2 saturated carbocycles. The minimum absolute atomic E-state index is 0.0149. The Labute approximate surface area is 155 Å². The van der Waals surface area contributed by atoms with E-state index in [4.69, 9.17) is 0 Å². The predicted octanol–water partition coefficient (Wildman–Crippen LogP) is 4.63. The fourth-order valence-electron chi connectivity index (χ4n) is 5.37.